The lowest BCUT2D eigenvalue weighted by Gasteiger charge is -2.09. The number of aromatic amines is 2. The summed E-state index contributed by atoms with van der Waals surface area (Å²) in [5.74, 6) is 0.918. The van der Waals surface area contributed by atoms with Gasteiger partial charge in [0.2, 0.25) is 0 Å². The number of halogens is 1. The van der Waals surface area contributed by atoms with E-state index in [1.165, 1.54) is 0 Å². The van der Waals surface area contributed by atoms with Crippen LogP contribution in [0.5, 0.6) is 0 Å². The van der Waals surface area contributed by atoms with E-state index in [9.17, 15) is 4.79 Å². The summed E-state index contributed by atoms with van der Waals surface area (Å²) in [6, 6.07) is 13.8. The van der Waals surface area contributed by atoms with Crippen molar-refractivity contribution in [2.75, 3.05) is 6.54 Å². The number of para-hydroxylation sites is 2. The van der Waals surface area contributed by atoms with Gasteiger partial charge in [0.05, 0.1) is 22.1 Å². The molecule has 0 aliphatic heterocycles. The number of hydrogen-bond donors (Lipinski definition) is 3. The van der Waals surface area contributed by atoms with Crippen LogP contribution in [-0.2, 0) is 6.42 Å². The average molecular weight is 330 g/mol. The molecule has 23 heavy (non-hydrogen) atoms. The van der Waals surface area contributed by atoms with E-state index in [0.717, 1.165) is 33.6 Å². The van der Waals surface area contributed by atoms with Crippen LogP contribution in [0.1, 0.15) is 5.82 Å². The van der Waals surface area contributed by atoms with E-state index in [1.807, 2.05) is 42.5 Å². The molecule has 118 valence electrons. The first-order valence-corrected chi connectivity index (χ1v) is 7.15. The molecule has 0 spiro atoms. The number of aromatic nitrogens is 4. The molecular weight excluding hydrogens is 314 g/mol. The van der Waals surface area contributed by atoms with Crippen molar-refractivity contribution in [2.24, 2.45) is 5.73 Å². The predicted octanol–water partition coefficient (Wildman–Crippen LogP) is 2.12. The van der Waals surface area contributed by atoms with Gasteiger partial charge in [-0.25, -0.2) is 9.78 Å². The van der Waals surface area contributed by atoms with E-state index < -0.39 is 0 Å². The molecule has 7 heteroatoms. The second-order valence-electron chi connectivity index (χ2n) is 5.20. The molecule has 2 aromatic heterocycles. The highest BCUT2D eigenvalue weighted by molar-refractivity contribution is 5.85. The Morgan fingerprint density at radius 1 is 1.09 bits per heavy atom. The monoisotopic (exact) mass is 329 g/mol. The van der Waals surface area contributed by atoms with E-state index in [4.69, 9.17) is 5.73 Å². The van der Waals surface area contributed by atoms with Crippen LogP contribution in [0.25, 0.3) is 27.8 Å². The number of nitrogens with zero attached hydrogens (tertiary/aromatic N) is 2. The Labute approximate surface area is 137 Å². The number of hydrogen-bond acceptors (Lipinski definition) is 3. The topological polar surface area (TPSA) is 92.5 Å². The standard InChI is InChI=1S/C16H15N5O.ClH/c17-8-7-15-18-12-3-1-2-4-14(12)21(15)10-5-6-11-13(9-10)20-16(22)19-11;/h1-6,9H,7-8,17H2,(H2,19,20,22);1H. The summed E-state index contributed by atoms with van der Waals surface area (Å²) in [6.07, 6.45) is 0.691. The lowest BCUT2D eigenvalue weighted by Crippen LogP contribution is -2.09. The smallest absolute Gasteiger partial charge is 0.323 e. The fourth-order valence-electron chi connectivity index (χ4n) is 2.82. The van der Waals surface area contributed by atoms with Crippen LogP contribution in [0, 0.1) is 0 Å². The fraction of sp³-hybridized carbons (Fsp3) is 0.125. The molecule has 0 aliphatic carbocycles. The molecule has 2 aromatic carbocycles. The van der Waals surface area contributed by atoms with Gasteiger partial charge in [0.1, 0.15) is 5.82 Å². The first-order chi connectivity index (χ1) is 10.8. The Balaban J connectivity index is 0.00000156. The maximum absolute atomic E-state index is 11.4. The number of fused-ring (bicyclic) bond motifs is 2. The Kier molecular flexibility index (Phi) is 3.94. The Morgan fingerprint density at radius 3 is 2.70 bits per heavy atom. The van der Waals surface area contributed by atoms with Crippen LogP contribution in [-0.4, -0.2) is 26.1 Å². The molecule has 0 unspecified atom stereocenters. The average Bonchev–Trinajstić information content (AvgIpc) is 3.05. The SMILES string of the molecule is Cl.NCCc1nc2ccccc2n1-c1ccc2[nH]c(=O)[nH]c2c1. The molecule has 0 radical (unpaired) electrons. The van der Waals surface area contributed by atoms with Gasteiger partial charge in [-0.15, -0.1) is 12.4 Å². The van der Waals surface area contributed by atoms with Gasteiger partial charge in [-0.1, -0.05) is 12.1 Å². The Bertz CT molecular complexity index is 1030. The zero-order valence-electron chi connectivity index (χ0n) is 12.2. The van der Waals surface area contributed by atoms with Crippen molar-refractivity contribution in [1.29, 1.82) is 0 Å². The van der Waals surface area contributed by atoms with Crippen LogP contribution in [0.4, 0.5) is 0 Å². The van der Waals surface area contributed by atoms with E-state index in [1.54, 1.807) is 0 Å². The number of H-pyrrole nitrogens is 2. The van der Waals surface area contributed by atoms with Gasteiger partial charge < -0.3 is 15.7 Å². The summed E-state index contributed by atoms with van der Waals surface area (Å²) in [5, 5.41) is 0. The number of imidazole rings is 2. The maximum atomic E-state index is 11.4. The van der Waals surface area contributed by atoms with Crippen molar-refractivity contribution in [2.45, 2.75) is 6.42 Å². The lowest BCUT2D eigenvalue weighted by molar-refractivity contribution is 0.848. The van der Waals surface area contributed by atoms with Crippen molar-refractivity contribution < 1.29 is 0 Å². The third-order valence-corrected chi connectivity index (χ3v) is 3.76. The van der Waals surface area contributed by atoms with Crippen LogP contribution in [0.3, 0.4) is 0 Å². The predicted molar refractivity (Wildman–Crippen MR) is 93.6 cm³/mol. The van der Waals surface area contributed by atoms with Gasteiger partial charge in [-0.05, 0) is 36.9 Å². The minimum atomic E-state index is -0.204. The third-order valence-electron chi connectivity index (χ3n) is 3.76. The second-order valence-corrected chi connectivity index (χ2v) is 5.20. The van der Waals surface area contributed by atoms with Crippen molar-refractivity contribution in [1.82, 2.24) is 19.5 Å². The second kappa shape index (κ2) is 5.91. The van der Waals surface area contributed by atoms with Crippen molar-refractivity contribution in [3.05, 3.63) is 58.8 Å². The molecule has 0 amide bonds. The Hall–Kier alpha value is -2.57. The number of rotatable bonds is 3. The molecular formula is C16H16ClN5O. The Morgan fingerprint density at radius 2 is 1.87 bits per heavy atom. The van der Waals surface area contributed by atoms with Gasteiger partial charge >= 0.3 is 5.69 Å². The largest absolute Gasteiger partial charge is 0.330 e. The van der Waals surface area contributed by atoms with Gasteiger partial charge in [0.25, 0.3) is 0 Å². The summed E-state index contributed by atoms with van der Waals surface area (Å²) in [5.41, 5.74) is 10.0. The van der Waals surface area contributed by atoms with Crippen molar-refractivity contribution >= 4 is 34.5 Å². The van der Waals surface area contributed by atoms with E-state index in [0.29, 0.717) is 13.0 Å². The third kappa shape index (κ3) is 2.52. The van der Waals surface area contributed by atoms with Crippen molar-refractivity contribution in [3.63, 3.8) is 0 Å². The van der Waals surface area contributed by atoms with Gasteiger partial charge in [-0.2, -0.15) is 0 Å². The van der Waals surface area contributed by atoms with Crippen LogP contribution < -0.4 is 11.4 Å². The molecule has 6 nitrogen and oxygen atoms in total. The van der Waals surface area contributed by atoms with E-state index >= 15 is 0 Å². The summed E-state index contributed by atoms with van der Waals surface area (Å²) < 4.78 is 2.09. The highest BCUT2D eigenvalue weighted by Crippen LogP contribution is 2.23. The molecule has 0 aliphatic rings. The maximum Gasteiger partial charge on any atom is 0.323 e. The fourth-order valence-corrected chi connectivity index (χ4v) is 2.82. The highest BCUT2D eigenvalue weighted by atomic mass is 35.5. The highest BCUT2D eigenvalue weighted by Gasteiger charge is 2.12. The molecule has 4 rings (SSSR count). The molecule has 0 saturated carbocycles. The zero-order chi connectivity index (χ0) is 15.1. The van der Waals surface area contributed by atoms with Gasteiger partial charge in [0, 0.05) is 12.1 Å². The van der Waals surface area contributed by atoms with E-state index in [-0.39, 0.29) is 18.1 Å². The number of nitrogens with one attached hydrogen (secondary N) is 2. The molecule has 0 fully saturated rings. The van der Waals surface area contributed by atoms with Gasteiger partial charge in [-0.3, -0.25) is 4.57 Å². The first kappa shape index (κ1) is 15.3. The zero-order valence-corrected chi connectivity index (χ0v) is 13.1. The number of benzene rings is 2. The molecule has 4 N–H and O–H groups in total. The normalized spacial score (nSPS) is 11.0. The quantitative estimate of drug-likeness (QED) is 0.537. The molecule has 0 atom stereocenters. The minimum Gasteiger partial charge on any atom is -0.330 e. The summed E-state index contributed by atoms with van der Waals surface area (Å²) in [7, 11) is 0. The van der Waals surface area contributed by atoms with Crippen molar-refractivity contribution in [3.8, 4) is 5.69 Å². The van der Waals surface area contributed by atoms with Gasteiger partial charge in [0.15, 0.2) is 0 Å². The van der Waals surface area contributed by atoms with Crippen LogP contribution in [0.2, 0.25) is 0 Å². The molecule has 2 heterocycles. The lowest BCUT2D eigenvalue weighted by atomic mass is 10.2. The number of nitrogens with two attached hydrogens (primary N) is 1. The molecule has 4 aromatic rings. The van der Waals surface area contributed by atoms with Crippen LogP contribution in [0.15, 0.2) is 47.3 Å². The summed E-state index contributed by atoms with van der Waals surface area (Å²) >= 11 is 0. The molecule has 0 saturated heterocycles. The van der Waals surface area contributed by atoms with Crippen LogP contribution >= 0.6 is 12.4 Å². The van der Waals surface area contributed by atoms with E-state index in [2.05, 4.69) is 19.5 Å². The molecule has 0 bridgehead atoms. The summed E-state index contributed by atoms with van der Waals surface area (Å²) in [4.78, 5) is 21.6. The first-order valence-electron chi connectivity index (χ1n) is 7.15. The minimum absolute atomic E-state index is 0. The summed E-state index contributed by atoms with van der Waals surface area (Å²) in [6.45, 7) is 0.534.